The number of hydrogen-bond donors (Lipinski definition) is 1. The van der Waals surface area contributed by atoms with Gasteiger partial charge in [0.25, 0.3) is 0 Å². The summed E-state index contributed by atoms with van der Waals surface area (Å²) >= 11 is 0. The Balaban J connectivity index is 1.77. The standard InChI is InChI=1S/C23H24F3N/c1-22(2,3)15-12-10-14(11-13-15)20-17-7-4-6-16(17)18-8-5-9-19(21(18)27-20)23(24,25)26/h4-6,8-13,16-17,20,27H,7H2,1-3H3/t16-,17+,20+/m1/s1. The predicted molar refractivity (Wildman–Crippen MR) is 103 cm³/mol. The number of hydrogen-bond acceptors (Lipinski definition) is 1. The van der Waals surface area contributed by atoms with Gasteiger partial charge >= 0.3 is 6.18 Å². The number of fused-ring (bicyclic) bond motifs is 3. The Kier molecular flexibility index (Phi) is 4.13. The third kappa shape index (κ3) is 3.15. The van der Waals surface area contributed by atoms with E-state index >= 15 is 0 Å². The summed E-state index contributed by atoms with van der Waals surface area (Å²) in [5, 5.41) is 3.26. The van der Waals surface area contributed by atoms with E-state index in [-0.39, 0.29) is 29.0 Å². The molecule has 142 valence electrons. The highest BCUT2D eigenvalue weighted by atomic mass is 19.4. The van der Waals surface area contributed by atoms with Gasteiger partial charge < -0.3 is 5.32 Å². The van der Waals surface area contributed by atoms with E-state index in [1.807, 2.05) is 6.07 Å². The fourth-order valence-corrected chi connectivity index (χ4v) is 4.38. The van der Waals surface area contributed by atoms with Gasteiger partial charge in [-0.1, -0.05) is 69.3 Å². The zero-order valence-electron chi connectivity index (χ0n) is 15.8. The molecule has 0 aromatic heterocycles. The molecule has 0 unspecified atom stereocenters. The molecule has 2 aromatic rings. The molecule has 1 aliphatic heterocycles. The van der Waals surface area contributed by atoms with Gasteiger partial charge in [0.2, 0.25) is 0 Å². The summed E-state index contributed by atoms with van der Waals surface area (Å²) in [5.41, 5.74) is 2.74. The van der Waals surface area contributed by atoms with Crippen molar-refractivity contribution in [3.8, 4) is 0 Å². The predicted octanol–water partition coefficient (Wildman–Crippen LogP) is 6.83. The number of para-hydroxylation sites is 1. The Morgan fingerprint density at radius 1 is 0.963 bits per heavy atom. The zero-order chi connectivity index (χ0) is 19.4. The molecule has 0 fully saturated rings. The summed E-state index contributed by atoms with van der Waals surface area (Å²) in [5.74, 6) is 0.261. The van der Waals surface area contributed by atoms with Crippen LogP contribution in [0.3, 0.4) is 0 Å². The third-order valence-corrected chi connectivity index (χ3v) is 5.84. The average Bonchev–Trinajstić information content (AvgIpc) is 3.09. The minimum Gasteiger partial charge on any atom is -0.377 e. The second-order valence-corrected chi connectivity index (χ2v) is 8.62. The molecule has 1 nitrogen and oxygen atoms in total. The van der Waals surface area contributed by atoms with Gasteiger partial charge in [0.15, 0.2) is 0 Å². The maximum atomic E-state index is 13.6. The minimum absolute atomic E-state index is 0.0239. The van der Waals surface area contributed by atoms with Gasteiger partial charge in [-0.15, -0.1) is 0 Å². The molecule has 0 saturated heterocycles. The Bertz CT molecular complexity index is 872. The molecule has 4 rings (SSSR count). The van der Waals surface area contributed by atoms with E-state index in [4.69, 9.17) is 0 Å². The van der Waals surface area contributed by atoms with E-state index < -0.39 is 11.7 Å². The van der Waals surface area contributed by atoms with Gasteiger partial charge in [0, 0.05) is 5.92 Å². The number of halogens is 3. The van der Waals surface area contributed by atoms with Crippen LogP contribution in [-0.2, 0) is 11.6 Å². The van der Waals surface area contributed by atoms with Crippen LogP contribution >= 0.6 is 0 Å². The van der Waals surface area contributed by atoms with Gasteiger partial charge in [-0.05, 0) is 40.5 Å². The highest BCUT2D eigenvalue weighted by Crippen LogP contribution is 2.52. The van der Waals surface area contributed by atoms with Crippen molar-refractivity contribution in [2.75, 3.05) is 5.32 Å². The smallest absolute Gasteiger partial charge is 0.377 e. The monoisotopic (exact) mass is 371 g/mol. The lowest BCUT2D eigenvalue weighted by Crippen LogP contribution is -2.30. The summed E-state index contributed by atoms with van der Waals surface area (Å²) in [6.45, 7) is 6.47. The third-order valence-electron chi connectivity index (χ3n) is 5.84. The highest BCUT2D eigenvalue weighted by molar-refractivity contribution is 5.65. The summed E-state index contributed by atoms with van der Waals surface area (Å²) in [4.78, 5) is 0. The van der Waals surface area contributed by atoms with Crippen molar-refractivity contribution in [1.29, 1.82) is 0 Å². The van der Waals surface area contributed by atoms with Crippen LogP contribution in [0.4, 0.5) is 18.9 Å². The molecule has 2 aromatic carbocycles. The van der Waals surface area contributed by atoms with Crippen LogP contribution < -0.4 is 5.32 Å². The molecule has 2 aliphatic rings. The lowest BCUT2D eigenvalue weighted by molar-refractivity contribution is -0.137. The van der Waals surface area contributed by atoms with E-state index in [0.29, 0.717) is 0 Å². The molecule has 4 heteroatoms. The largest absolute Gasteiger partial charge is 0.418 e. The second-order valence-electron chi connectivity index (χ2n) is 8.62. The van der Waals surface area contributed by atoms with E-state index in [2.05, 4.69) is 62.5 Å². The Morgan fingerprint density at radius 3 is 2.30 bits per heavy atom. The quantitative estimate of drug-likeness (QED) is 0.542. The molecular weight excluding hydrogens is 347 g/mol. The molecule has 1 aliphatic carbocycles. The normalized spacial score (nSPS) is 24.3. The SMILES string of the molecule is CC(C)(C)c1ccc([C@@H]2Nc3c(cccc3C(F)(F)F)[C@@H]3C=CC[C@@H]32)cc1. The van der Waals surface area contributed by atoms with E-state index in [1.54, 1.807) is 0 Å². The first kappa shape index (κ1) is 18.1. The number of allylic oxidation sites excluding steroid dienone is 2. The number of benzene rings is 2. The summed E-state index contributed by atoms with van der Waals surface area (Å²) in [6.07, 6.45) is 0.678. The van der Waals surface area contributed by atoms with Gasteiger partial charge in [0.1, 0.15) is 0 Å². The van der Waals surface area contributed by atoms with Crippen LogP contribution in [0.25, 0.3) is 0 Å². The van der Waals surface area contributed by atoms with Gasteiger partial charge in [-0.2, -0.15) is 13.2 Å². The number of nitrogens with one attached hydrogen (secondary N) is 1. The Morgan fingerprint density at radius 2 is 1.67 bits per heavy atom. The van der Waals surface area contributed by atoms with Crippen molar-refractivity contribution in [2.45, 2.75) is 50.7 Å². The number of rotatable bonds is 1. The lowest BCUT2D eigenvalue weighted by Gasteiger charge is -2.39. The first-order valence-electron chi connectivity index (χ1n) is 9.40. The second kappa shape index (κ2) is 6.15. The Hall–Kier alpha value is -2.23. The van der Waals surface area contributed by atoms with Crippen LogP contribution in [0.15, 0.2) is 54.6 Å². The maximum absolute atomic E-state index is 13.6. The van der Waals surface area contributed by atoms with Crippen LogP contribution in [0.2, 0.25) is 0 Å². The zero-order valence-corrected chi connectivity index (χ0v) is 15.8. The topological polar surface area (TPSA) is 12.0 Å². The number of alkyl halides is 3. The van der Waals surface area contributed by atoms with E-state index in [9.17, 15) is 13.2 Å². The molecule has 0 amide bonds. The minimum atomic E-state index is -4.37. The van der Waals surface area contributed by atoms with Crippen LogP contribution in [0.5, 0.6) is 0 Å². The van der Waals surface area contributed by atoms with Crippen molar-refractivity contribution < 1.29 is 13.2 Å². The molecule has 0 radical (unpaired) electrons. The van der Waals surface area contributed by atoms with E-state index in [1.165, 1.54) is 17.7 Å². The first-order valence-corrected chi connectivity index (χ1v) is 9.40. The maximum Gasteiger partial charge on any atom is 0.418 e. The molecule has 1 N–H and O–H groups in total. The van der Waals surface area contributed by atoms with Crippen LogP contribution in [0.1, 0.15) is 61.4 Å². The molecule has 0 spiro atoms. The molecular formula is C23H24F3N. The molecule has 3 atom stereocenters. The van der Waals surface area contributed by atoms with Crippen molar-refractivity contribution in [3.63, 3.8) is 0 Å². The highest BCUT2D eigenvalue weighted by Gasteiger charge is 2.42. The first-order chi connectivity index (χ1) is 12.7. The average molecular weight is 371 g/mol. The van der Waals surface area contributed by atoms with Gasteiger partial charge in [-0.3, -0.25) is 0 Å². The fraction of sp³-hybridized carbons (Fsp3) is 0.391. The number of anilines is 1. The lowest BCUT2D eigenvalue weighted by atomic mass is 9.75. The van der Waals surface area contributed by atoms with Gasteiger partial charge in [-0.25, -0.2) is 0 Å². The van der Waals surface area contributed by atoms with Crippen LogP contribution in [0, 0.1) is 5.92 Å². The van der Waals surface area contributed by atoms with Crippen molar-refractivity contribution in [3.05, 3.63) is 76.9 Å². The van der Waals surface area contributed by atoms with Crippen molar-refractivity contribution in [2.24, 2.45) is 5.92 Å². The summed E-state index contributed by atoms with van der Waals surface area (Å²) in [6, 6.07) is 12.7. The fourth-order valence-electron chi connectivity index (χ4n) is 4.38. The van der Waals surface area contributed by atoms with Crippen LogP contribution in [-0.4, -0.2) is 0 Å². The van der Waals surface area contributed by atoms with Crippen molar-refractivity contribution in [1.82, 2.24) is 0 Å². The molecule has 1 heterocycles. The summed E-state index contributed by atoms with van der Waals surface area (Å²) < 4.78 is 40.7. The van der Waals surface area contributed by atoms with Crippen molar-refractivity contribution >= 4 is 5.69 Å². The summed E-state index contributed by atoms with van der Waals surface area (Å²) in [7, 11) is 0. The van der Waals surface area contributed by atoms with E-state index in [0.717, 1.165) is 17.5 Å². The van der Waals surface area contributed by atoms with Gasteiger partial charge in [0.05, 0.1) is 17.3 Å². The molecule has 27 heavy (non-hydrogen) atoms. The molecule has 0 saturated carbocycles. The Labute approximate surface area is 158 Å². The molecule has 0 bridgehead atoms.